The van der Waals surface area contributed by atoms with Crippen molar-refractivity contribution in [3.8, 4) is 18.1 Å². The fourth-order valence-corrected chi connectivity index (χ4v) is 0.833. The SMILES string of the molecule is C#CCOC(=O)Oc1ccc(C)cc1. The summed E-state index contributed by atoms with van der Waals surface area (Å²) in [6.07, 6.45) is 4.12. The molecule has 0 N–H and O–H groups in total. The molecule has 1 rings (SSSR count). The maximum Gasteiger partial charge on any atom is 0.514 e. The van der Waals surface area contributed by atoms with Gasteiger partial charge in [-0.1, -0.05) is 23.6 Å². The van der Waals surface area contributed by atoms with Crippen LogP contribution in [-0.4, -0.2) is 12.8 Å². The number of terminal acetylenes is 1. The topological polar surface area (TPSA) is 35.5 Å². The van der Waals surface area contributed by atoms with Crippen LogP contribution in [0.3, 0.4) is 0 Å². The maximum atomic E-state index is 10.9. The van der Waals surface area contributed by atoms with Crippen molar-refractivity contribution in [2.75, 3.05) is 6.61 Å². The van der Waals surface area contributed by atoms with Crippen molar-refractivity contribution >= 4 is 6.16 Å². The fraction of sp³-hybridized carbons (Fsp3) is 0.182. The molecule has 0 aromatic heterocycles. The van der Waals surface area contributed by atoms with E-state index in [4.69, 9.17) is 11.2 Å². The minimum atomic E-state index is -0.785. The lowest BCUT2D eigenvalue weighted by Gasteiger charge is -2.03. The van der Waals surface area contributed by atoms with Crippen molar-refractivity contribution in [1.29, 1.82) is 0 Å². The Hall–Kier alpha value is -1.95. The van der Waals surface area contributed by atoms with Gasteiger partial charge in [-0.25, -0.2) is 4.79 Å². The summed E-state index contributed by atoms with van der Waals surface area (Å²) < 4.78 is 9.34. The van der Waals surface area contributed by atoms with E-state index in [1.54, 1.807) is 12.1 Å². The Morgan fingerprint density at radius 2 is 2.07 bits per heavy atom. The molecule has 1 aromatic carbocycles. The van der Waals surface area contributed by atoms with E-state index in [1.165, 1.54) is 0 Å². The molecule has 0 unspecified atom stereocenters. The highest BCUT2D eigenvalue weighted by molar-refractivity contribution is 5.63. The lowest BCUT2D eigenvalue weighted by atomic mass is 10.2. The zero-order valence-electron chi connectivity index (χ0n) is 7.82. The Labute approximate surface area is 82.6 Å². The summed E-state index contributed by atoms with van der Waals surface area (Å²) in [5, 5.41) is 0. The molecule has 0 heterocycles. The van der Waals surface area contributed by atoms with Crippen molar-refractivity contribution in [2.45, 2.75) is 6.92 Å². The number of ether oxygens (including phenoxy) is 2. The summed E-state index contributed by atoms with van der Waals surface area (Å²) in [4.78, 5) is 10.9. The number of carbonyl (C=O) groups excluding carboxylic acids is 1. The first-order chi connectivity index (χ1) is 6.72. The standard InChI is InChI=1S/C11H10O3/c1-3-8-13-11(12)14-10-6-4-9(2)5-7-10/h1,4-7H,8H2,2H3. The van der Waals surface area contributed by atoms with Crippen LogP contribution >= 0.6 is 0 Å². The van der Waals surface area contributed by atoms with Crippen molar-refractivity contribution < 1.29 is 14.3 Å². The highest BCUT2D eigenvalue weighted by Gasteiger charge is 2.03. The molecular formula is C11H10O3. The van der Waals surface area contributed by atoms with Crippen molar-refractivity contribution in [2.24, 2.45) is 0 Å². The monoisotopic (exact) mass is 190 g/mol. The molecule has 0 spiro atoms. The normalized spacial score (nSPS) is 8.86. The Morgan fingerprint density at radius 3 is 2.64 bits per heavy atom. The second-order valence-corrected chi connectivity index (χ2v) is 2.66. The van der Waals surface area contributed by atoms with Gasteiger partial charge < -0.3 is 9.47 Å². The predicted molar refractivity (Wildman–Crippen MR) is 52.0 cm³/mol. The number of hydrogen-bond donors (Lipinski definition) is 0. The first-order valence-corrected chi connectivity index (χ1v) is 4.07. The van der Waals surface area contributed by atoms with Crippen LogP contribution in [0.2, 0.25) is 0 Å². The second kappa shape index (κ2) is 4.93. The van der Waals surface area contributed by atoms with Gasteiger partial charge in [0, 0.05) is 0 Å². The average molecular weight is 190 g/mol. The van der Waals surface area contributed by atoms with Gasteiger partial charge in [0.2, 0.25) is 0 Å². The number of aryl methyl sites for hydroxylation is 1. The van der Waals surface area contributed by atoms with Gasteiger partial charge in [-0.15, -0.1) is 6.42 Å². The first kappa shape index (κ1) is 10.1. The first-order valence-electron chi connectivity index (χ1n) is 4.07. The molecule has 0 saturated carbocycles. The quantitative estimate of drug-likeness (QED) is 0.407. The highest BCUT2D eigenvalue weighted by atomic mass is 16.7. The van der Waals surface area contributed by atoms with Crippen LogP contribution in [0.5, 0.6) is 5.75 Å². The van der Waals surface area contributed by atoms with Gasteiger partial charge in [-0.05, 0) is 19.1 Å². The van der Waals surface area contributed by atoms with E-state index in [-0.39, 0.29) is 6.61 Å². The molecule has 0 atom stereocenters. The van der Waals surface area contributed by atoms with Crippen LogP contribution in [0.25, 0.3) is 0 Å². The molecule has 0 aliphatic carbocycles. The molecule has 14 heavy (non-hydrogen) atoms. The highest BCUT2D eigenvalue weighted by Crippen LogP contribution is 2.11. The number of rotatable bonds is 2. The lowest BCUT2D eigenvalue weighted by molar-refractivity contribution is 0.111. The summed E-state index contributed by atoms with van der Waals surface area (Å²) in [6, 6.07) is 7.05. The third kappa shape index (κ3) is 3.20. The predicted octanol–water partition coefficient (Wildman–Crippen LogP) is 2.14. The number of benzene rings is 1. The second-order valence-electron chi connectivity index (χ2n) is 2.66. The molecule has 0 aliphatic heterocycles. The van der Waals surface area contributed by atoms with Crippen LogP contribution < -0.4 is 4.74 Å². The molecular weight excluding hydrogens is 180 g/mol. The fourth-order valence-electron chi connectivity index (χ4n) is 0.833. The van der Waals surface area contributed by atoms with Gasteiger partial charge in [0.1, 0.15) is 5.75 Å². The summed E-state index contributed by atoms with van der Waals surface area (Å²) >= 11 is 0. The average Bonchev–Trinajstić information content (AvgIpc) is 2.18. The molecule has 0 saturated heterocycles. The van der Waals surface area contributed by atoms with Gasteiger partial charge in [0.15, 0.2) is 6.61 Å². The van der Waals surface area contributed by atoms with Crippen LogP contribution in [0.4, 0.5) is 4.79 Å². The molecule has 0 radical (unpaired) electrons. The van der Waals surface area contributed by atoms with Gasteiger partial charge >= 0.3 is 6.16 Å². The summed E-state index contributed by atoms with van der Waals surface area (Å²) in [7, 11) is 0. The molecule has 0 amide bonds. The van der Waals surface area contributed by atoms with E-state index in [9.17, 15) is 4.79 Å². The van der Waals surface area contributed by atoms with E-state index in [2.05, 4.69) is 10.7 Å². The molecule has 0 bridgehead atoms. The summed E-state index contributed by atoms with van der Waals surface area (Å²) in [6.45, 7) is 1.87. The molecule has 3 nitrogen and oxygen atoms in total. The summed E-state index contributed by atoms with van der Waals surface area (Å²) in [5.74, 6) is 2.61. The van der Waals surface area contributed by atoms with Crippen molar-refractivity contribution in [3.05, 3.63) is 29.8 Å². The van der Waals surface area contributed by atoms with E-state index >= 15 is 0 Å². The largest absolute Gasteiger partial charge is 0.514 e. The molecule has 0 fully saturated rings. The van der Waals surface area contributed by atoms with E-state index in [0.717, 1.165) is 5.56 Å². The Morgan fingerprint density at radius 1 is 1.43 bits per heavy atom. The summed E-state index contributed by atoms with van der Waals surface area (Å²) in [5.41, 5.74) is 1.09. The third-order valence-electron chi connectivity index (χ3n) is 1.50. The third-order valence-corrected chi connectivity index (χ3v) is 1.50. The minimum absolute atomic E-state index is 0.0787. The minimum Gasteiger partial charge on any atom is -0.421 e. The Bertz CT molecular complexity index is 346. The lowest BCUT2D eigenvalue weighted by Crippen LogP contribution is -2.10. The molecule has 72 valence electrons. The molecule has 3 heteroatoms. The van der Waals surface area contributed by atoms with Gasteiger partial charge in [-0.3, -0.25) is 0 Å². The maximum absolute atomic E-state index is 10.9. The van der Waals surface area contributed by atoms with Crippen molar-refractivity contribution in [1.82, 2.24) is 0 Å². The molecule has 0 aliphatic rings. The van der Waals surface area contributed by atoms with Gasteiger partial charge in [0.25, 0.3) is 0 Å². The van der Waals surface area contributed by atoms with E-state index in [1.807, 2.05) is 19.1 Å². The number of carbonyl (C=O) groups is 1. The van der Waals surface area contributed by atoms with Crippen LogP contribution in [0.1, 0.15) is 5.56 Å². The van der Waals surface area contributed by atoms with Gasteiger partial charge in [-0.2, -0.15) is 0 Å². The van der Waals surface area contributed by atoms with Crippen LogP contribution in [-0.2, 0) is 4.74 Å². The van der Waals surface area contributed by atoms with Gasteiger partial charge in [0.05, 0.1) is 0 Å². The zero-order valence-corrected chi connectivity index (χ0v) is 7.82. The smallest absolute Gasteiger partial charge is 0.421 e. The van der Waals surface area contributed by atoms with E-state index in [0.29, 0.717) is 5.75 Å². The Kier molecular flexibility index (Phi) is 3.57. The Balaban J connectivity index is 2.49. The van der Waals surface area contributed by atoms with Crippen molar-refractivity contribution in [3.63, 3.8) is 0 Å². The number of hydrogen-bond acceptors (Lipinski definition) is 3. The van der Waals surface area contributed by atoms with Crippen LogP contribution in [0, 0.1) is 19.3 Å². The van der Waals surface area contributed by atoms with E-state index < -0.39 is 6.16 Å². The van der Waals surface area contributed by atoms with Crippen LogP contribution in [0.15, 0.2) is 24.3 Å². The zero-order chi connectivity index (χ0) is 10.4. The molecule has 1 aromatic rings.